The first-order chi connectivity index (χ1) is 13.2. The zero-order chi connectivity index (χ0) is 18.4. The van der Waals surface area contributed by atoms with E-state index >= 15 is 0 Å². The smallest absolute Gasteiger partial charge is 0.274 e. The number of nitrogens with zero attached hydrogens (tertiary/aromatic N) is 6. The van der Waals surface area contributed by atoms with Gasteiger partial charge < -0.3 is 9.30 Å². The maximum atomic E-state index is 13.2. The van der Waals surface area contributed by atoms with Gasteiger partial charge in [0.15, 0.2) is 5.65 Å². The lowest BCUT2D eigenvalue weighted by Gasteiger charge is -2.31. The summed E-state index contributed by atoms with van der Waals surface area (Å²) in [4.78, 5) is 19.6. The van der Waals surface area contributed by atoms with Crippen LogP contribution in [0.3, 0.4) is 0 Å². The van der Waals surface area contributed by atoms with Gasteiger partial charge in [0.05, 0.1) is 5.69 Å². The van der Waals surface area contributed by atoms with Gasteiger partial charge in [-0.3, -0.25) is 9.20 Å². The Hall–Kier alpha value is -3.22. The van der Waals surface area contributed by atoms with Gasteiger partial charge in [0.1, 0.15) is 17.2 Å². The number of amides is 1. The first kappa shape index (κ1) is 16.0. The summed E-state index contributed by atoms with van der Waals surface area (Å²) in [5.74, 6) is 1.10. The maximum absolute atomic E-state index is 13.2. The van der Waals surface area contributed by atoms with E-state index in [1.54, 1.807) is 0 Å². The molecule has 27 heavy (non-hydrogen) atoms. The highest BCUT2D eigenvalue weighted by Crippen LogP contribution is 2.27. The number of imidazole rings is 1. The molecule has 0 saturated carbocycles. The molecule has 5 heterocycles. The molecule has 1 aliphatic heterocycles. The number of carbonyl (C=O) groups is 1. The molecule has 7 heteroatoms. The Morgan fingerprint density at radius 3 is 2.63 bits per heavy atom. The van der Waals surface area contributed by atoms with Crippen molar-refractivity contribution in [3.8, 4) is 0 Å². The highest BCUT2D eigenvalue weighted by molar-refractivity contribution is 5.94. The molecule has 1 amide bonds. The molecule has 0 spiro atoms. The fraction of sp³-hybridized carbons (Fsp3) is 0.300. The molecule has 0 aliphatic carbocycles. The summed E-state index contributed by atoms with van der Waals surface area (Å²) in [6.07, 6.45) is 5.88. The molecule has 1 fully saturated rings. The molecule has 0 N–H and O–H groups in total. The molecule has 7 nitrogen and oxygen atoms in total. The number of carbonyl (C=O) groups excluding carboxylic acids is 1. The molecule has 136 valence electrons. The van der Waals surface area contributed by atoms with E-state index in [0.717, 1.165) is 42.2 Å². The number of aryl methyl sites for hydroxylation is 1. The molecule has 1 aliphatic rings. The van der Waals surface area contributed by atoms with Crippen LogP contribution in [0, 0.1) is 6.92 Å². The van der Waals surface area contributed by atoms with Crippen LogP contribution in [0.4, 0.5) is 0 Å². The van der Waals surface area contributed by atoms with Crippen LogP contribution in [-0.2, 0) is 0 Å². The van der Waals surface area contributed by atoms with Crippen molar-refractivity contribution in [3.05, 3.63) is 66.0 Å². The van der Waals surface area contributed by atoms with Gasteiger partial charge in [0.2, 0.25) is 0 Å². The third-order valence-corrected chi connectivity index (χ3v) is 5.39. The topological polar surface area (TPSA) is 67.8 Å². The van der Waals surface area contributed by atoms with Crippen LogP contribution in [0.15, 0.2) is 48.8 Å². The Balaban J connectivity index is 1.45. The van der Waals surface area contributed by atoms with Crippen LogP contribution in [0.25, 0.3) is 11.3 Å². The molecule has 0 aromatic carbocycles. The van der Waals surface area contributed by atoms with Crippen LogP contribution >= 0.6 is 0 Å². The summed E-state index contributed by atoms with van der Waals surface area (Å²) < 4.78 is 3.98. The minimum absolute atomic E-state index is 0.00489. The van der Waals surface area contributed by atoms with Gasteiger partial charge in [-0.15, -0.1) is 10.2 Å². The standard InChI is InChI=1S/C20H20N6O/c1-14-18(21-16-8-2-4-11-25(14)16)20(27)24-10-6-7-15(13-24)19-23-22-17-9-3-5-12-26(17)19/h2-5,8-9,11-12,15H,6-7,10,13H2,1H3. The summed E-state index contributed by atoms with van der Waals surface area (Å²) in [5.41, 5.74) is 3.06. The highest BCUT2D eigenvalue weighted by atomic mass is 16.2. The second-order valence-corrected chi connectivity index (χ2v) is 7.05. The molecule has 5 rings (SSSR count). The first-order valence-electron chi connectivity index (χ1n) is 9.25. The first-order valence-corrected chi connectivity index (χ1v) is 9.25. The summed E-state index contributed by atoms with van der Waals surface area (Å²) in [6, 6.07) is 11.7. The average molecular weight is 360 g/mol. The predicted octanol–water partition coefficient (Wildman–Crippen LogP) is 2.71. The number of hydrogen-bond acceptors (Lipinski definition) is 4. The van der Waals surface area contributed by atoms with Gasteiger partial charge >= 0.3 is 0 Å². The fourth-order valence-corrected chi connectivity index (χ4v) is 3.98. The lowest BCUT2D eigenvalue weighted by molar-refractivity contribution is 0.0698. The number of hydrogen-bond donors (Lipinski definition) is 0. The van der Waals surface area contributed by atoms with Crippen molar-refractivity contribution in [1.82, 2.24) is 28.9 Å². The number of pyridine rings is 2. The highest BCUT2D eigenvalue weighted by Gasteiger charge is 2.30. The number of likely N-dealkylation sites (tertiary alicyclic amines) is 1. The molecule has 0 radical (unpaired) electrons. The molecule has 4 aromatic heterocycles. The Bertz CT molecular complexity index is 1140. The summed E-state index contributed by atoms with van der Waals surface area (Å²) in [7, 11) is 0. The summed E-state index contributed by atoms with van der Waals surface area (Å²) in [6.45, 7) is 3.34. The minimum Gasteiger partial charge on any atom is -0.337 e. The molecule has 1 atom stereocenters. The normalized spacial score (nSPS) is 17.7. The largest absolute Gasteiger partial charge is 0.337 e. The number of aromatic nitrogens is 5. The van der Waals surface area contributed by atoms with E-state index in [4.69, 9.17) is 0 Å². The van der Waals surface area contributed by atoms with Crippen LogP contribution in [-0.4, -0.2) is 47.9 Å². The minimum atomic E-state index is -0.00489. The molecule has 1 unspecified atom stereocenters. The Morgan fingerprint density at radius 1 is 1.04 bits per heavy atom. The second-order valence-electron chi connectivity index (χ2n) is 7.05. The molecule has 4 aromatic rings. The van der Waals surface area contributed by atoms with E-state index in [1.165, 1.54) is 0 Å². The number of rotatable bonds is 2. The van der Waals surface area contributed by atoms with Gasteiger partial charge in [-0.2, -0.15) is 0 Å². The average Bonchev–Trinajstić information content (AvgIpc) is 3.29. The summed E-state index contributed by atoms with van der Waals surface area (Å²) >= 11 is 0. The van der Waals surface area contributed by atoms with E-state index in [9.17, 15) is 4.79 Å². The Labute approximate surface area is 156 Å². The molecular formula is C20H20N6O. The van der Waals surface area contributed by atoms with Crippen molar-refractivity contribution < 1.29 is 4.79 Å². The van der Waals surface area contributed by atoms with Gasteiger partial charge in [-0.05, 0) is 44.0 Å². The van der Waals surface area contributed by atoms with Gasteiger partial charge in [0.25, 0.3) is 5.91 Å². The maximum Gasteiger partial charge on any atom is 0.274 e. The van der Waals surface area contributed by atoms with E-state index in [1.807, 2.05) is 69.4 Å². The van der Waals surface area contributed by atoms with Crippen LogP contribution in [0.1, 0.15) is 40.8 Å². The number of piperidine rings is 1. The zero-order valence-electron chi connectivity index (χ0n) is 15.1. The third kappa shape index (κ3) is 2.58. The lowest BCUT2D eigenvalue weighted by atomic mass is 9.97. The van der Waals surface area contributed by atoms with Crippen molar-refractivity contribution in [1.29, 1.82) is 0 Å². The van der Waals surface area contributed by atoms with Crippen LogP contribution in [0.2, 0.25) is 0 Å². The van der Waals surface area contributed by atoms with Gasteiger partial charge in [-0.25, -0.2) is 4.98 Å². The van der Waals surface area contributed by atoms with E-state index in [0.29, 0.717) is 12.2 Å². The lowest BCUT2D eigenvalue weighted by Crippen LogP contribution is -2.40. The van der Waals surface area contributed by atoms with E-state index < -0.39 is 0 Å². The van der Waals surface area contributed by atoms with Crippen LogP contribution < -0.4 is 0 Å². The van der Waals surface area contributed by atoms with Crippen LogP contribution in [0.5, 0.6) is 0 Å². The van der Waals surface area contributed by atoms with Crippen molar-refractivity contribution in [2.24, 2.45) is 0 Å². The third-order valence-electron chi connectivity index (χ3n) is 5.39. The van der Waals surface area contributed by atoms with Gasteiger partial charge in [0, 0.05) is 31.4 Å². The zero-order valence-corrected chi connectivity index (χ0v) is 15.1. The van der Waals surface area contributed by atoms with Crippen molar-refractivity contribution in [2.75, 3.05) is 13.1 Å². The SMILES string of the molecule is Cc1c(C(=O)N2CCCC(c3nnc4ccccn34)C2)nc2ccccn12. The van der Waals surface area contributed by atoms with Gasteiger partial charge in [-0.1, -0.05) is 12.1 Å². The van der Waals surface area contributed by atoms with E-state index in [-0.39, 0.29) is 11.8 Å². The summed E-state index contributed by atoms with van der Waals surface area (Å²) in [5, 5.41) is 8.65. The number of fused-ring (bicyclic) bond motifs is 2. The quantitative estimate of drug-likeness (QED) is 0.551. The van der Waals surface area contributed by atoms with Crippen molar-refractivity contribution >= 4 is 17.2 Å². The second kappa shape index (κ2) is 6.19. The van der Waals surface area contributed by atoms with E-state index in [2.05, 4.69) is 15.2 Å². The predicted molar refractivity (Wildman–Crippen MR) is 101 cm³/mol. The Morgan fingerprint density at radius 2 is 1.81 bits per heavy atom. The van der Waals surface area contributed by atoms with Crippen molar-refractivity contribution in [2.45, 2.75) is 25.7 Å². The monoisotopic (exact) mass is 360 g/mol. The molecule has 0 bridgehead atoms. The molecular weight excluding hydrogens is 340 g/mol. The van der Waals surface area contributed by atoms with Crippen molar-refractivity contribution in [3.63, 3.8) is 0 Å². The fourth-order valence-electron chi connectivity index (χ4n) is 3.98. The Kier molecular flexibility index (Phi) is 3.67. The molecule has 1 saturated heterocycles.